The molecule has 4 nitrogen and oxygen atoms in total. The van der Waals surface area contributed by atoms with Gasteiger partial charge in [0.15, 0.2) is 9.84 Å². The maximum absolute atomic E-state index is 11.4. The Balaban J connectivity index is 1.81. The highest BCUT2D eigenvalue weighted by Crippen LogP contribution is 2.37. The zero-order chi connectivity index (χ0) is 12.8. The minimum atomic E-state index is -2.81. The van der Waals surface area contributed by atoms with Crippen LogP contribution in [0.15, 0.2) is 18.2 Å². The summed E-state index contributed by atoms with van der Waals surface area (Å²) in [6.07, 6.45) is 2.00. The van der Waals surface area contributed by atoms with Gasteiger partial charge in [0.25, 0.3) is 0 Å². The molecule has 1 heterocycles. The molecule has 98 valence electrons. The number of phenols is 1. The summed E-state index contributed by atoms with van der Waals surface area (Å²) in [5.74, 6) is 0.865. The van der Waals surface area contributed by atoms with E-state index in [1.165, 1.54) is 11.1 Å². The second kappa shape index (κ2) is 4.24. The van der Waals surface area contributed by atoms with Crippen LogP contribution >= 0.6 is 0 Å². The number of aryl methyl sites for hydroxylation is 1. The van der Waals surface area contributed by atoms with Gasteiger partial charge in [-0.2, -0.15) is 0 Å². The number of aromatic hydroxyl groups is 1. The summed E-state index contributed by atoms with van der Waals surface area (Å²) >= 11 is 0. The molecule has 0 saturated carbocycles. The van der Waals surface area contributed by atoms with E-state index in [0.29, 0.717) is 24.9 Å². The number of phenolic OH excluding ortho intramolecular Hbond substituents is 1. The van der Waals surface area contributed by atoms with Crippen LogP contribution in [0.4, 0.5) is 0 Å². The fraction of sp³-hybridized carbons (Fsp3) is 0.538. The third kappa shape index (κ3) is 2.12. The summed E-state index contributed by atoms with van der Waals surface area (Å²) in [7, 11) is -2.81. The quantitative estimate of drug-likeness (QED) is 0.828. The minimum Gasteiger partial charge on any atom is -0.508 e. The van der Waals surface area contributed by atoms with Crippen molar-refractivity contribution in [1.82, 2.24) is 4.90 Å². The van der Waals surface area contributed by atoms with Gasteiger partial charge in [-0.25, -0.2) is 8.42 Å². The van der Waals surface area contributed by atoms with Crippen molar-refractivity contribution in [3.63, 3.8) is 0 Å². The maximum Gasteiger partial charge on any atom is 0.152 e. The third-order valence-electron chi connectivity index (χ3n) is 3.99. The van der Waals surface area contributed by atoms with Crippen molar-refractivity contribution in [2.75, 3.05) is 24.6 Å². The zero-order valence-electron chi connectivity index (χ0n) is 10.2. The van der Waals surface area contributed by atoms with Gasteiger partial charge in [-0.1, -0.05) is 6.07 Å². The number of fused-ring (bicyclic) bond motifs is 1. The first kappa shape index (κ1) is 12.0. The van der Waals surface area contributed by atoms with Gasteiger partial charge in [-0.15, -0.1) is 0 Å². The minimum absolute atomic E-state index is 0.275. The smallest absolute Gasteiger partial charge is 0.152 e. The Kier molecular flexibility index (Phi) is 2.83. The largest absolute Gasteiger partial charge is 0.508 e. The van der Waals surface area contributed by atoms with E-state index in [-0.39, 0.29) is 11.5 Å². The normalized spacial score (nSPS) is 27.0. The van der Waals surface area contributed by atoms with Gasteiger partial charge >= 0.3 is 0 Å². The second-order valence-corrected chi connectivity index (χ2v) is 7.43. The van der Waals surface area contributed by atoms with Crippen molar-refractivity contribution >= 4 is 9.84 Å². The first-order valence-corrected chi connectivity index (χ1v) is 8.13. The van der Waals surface area contributed by atoms with Crippen LogP contribution in [-0.2, 0) is 16.3 Å². The monoisotopic (exact) mass is 267 g/mol. The molecule has 0 aromatic heterocycles. The topological polar surface area (TPSA) is 57.6 Å². The Morgan fingerprint density at radius 1 is 1.22 bits per heavy atom. The van der Waals surface area contributed by atoms with Crippen LogP contribution in [0.3, 0.4) is 0 Å². The van der Waals surface area contributed by atoms with Gasteiger partial charge in [0.05, 0.1) is 11.5 Å². The molecule has 1 unspecified atom stereocenters. The van der Waals surface area contributed by atoms with Crippen LogP contribution in [0, 0.1) is 0 Å². The average molecular weight is 267 g/mol. The van der Waals surface area contributed by atoms with Crippen molar-refractivity contribution < 1.29 is 13.5 Å². The molecule has 1 aromatic carbocycles. The van der Waals surface area contributed by atoms with Gasteiger partial charge in [-0.3, -0.25) is 4.90 Å². The van der Waals surface area contributed by atoms with Crippen LogP contribution in [0.2, 0.25) is 0 Å². The predicted octanol–water partition coefficient (Wildman–Crippen LogP) is 1.11. The molecule has 5 heteroatoms. The molecule has 1 saturated heterocycles. The first-order valence-electron chi connectivity index (χ1n) is 6.31. The molecule has 1 N–H and O–H groups in total. The van der Waals surface area contributed by atoms with E-state index in [1.807, 2.05) is 12.1 Å². The van der Waals surface area contributed by atoms with E-state index in [4.69, 9.17) is 0 Å². The highest BCUT2D eigenvalue weighted by molar-refractivity contribution is 7.91. The molecule has 1 aliphatic heterocycles. The van der Waals surface area contributed by atoms with Crippen LogP contribution in [-0.4, -0.2) is 43.0 Å². The highest BCUT2D eigenvalue weighted by Gasteiger charge is 2.32. The first-order chi connectivity index (χ1) is 8.55. The van der Waals surface area contributed by atoms with Crippen molar-refractivity contribution in [2.24, 2.45) is 0 Å². The van der Waals surface area contributed by atoms with Crippen molar-refractivity contribution in [3.8, 4) is 5.75 Å². The Bertz CT molecular complexity index is 554. The number of hydrogen-bond acceptors (Lipinski definition) is 4. The van der Waals surface area contributed by atoms with Crippen molar-refractivity contribution in [3.05, 3.63) is 29.3 Å². The van der Waals surface area contributed by atoms with Gasteiger partial charge in [0.2, 0.25) is 0 Å². The fourth-order valence-electron chi connectivity index (χ4n) is 3.00. The summed E-state index contributed by atoms with van der Waals surface area (Å²) in [5, 5.41) is 9.47. The standard InChI is InChI=1S/C13H17NO3S/c15-11-2-3-12-10(9-11)1-4-13(12)14-5-7-18(16,17)8-6-14/h2-3,9,13,15H,1,4-8H2. The van der Waals surface area contributed by atoms with E-state index in [9.17, 15) is 13.5 Å². The van der Waals surface area contributed by atoms with Crippen LogP contribution < -0.4 is 0 Å². The molecule has 1 aromatic rings. The molecule has 3 rings (SSSR count). The third-order valence-corrected chi connectivity index (χ3v) is 5.60. The molecular weight excluding hydrogens is 250 g/mol. The Hall–Kier alpha value is -1.07. The molecule has 18 heavy (non-hydrogen) atoms. The van der Waals surface area contributed by atoms with Crippen LogP contribution in [0.5, 0.6) is 5.75 Å². The lowest BCUT2D eigenvalue weighted by Gasteiger charge is -2.32. The summed E-state index contributed by atoms with van der Waals surface area (Å²) in [5.41, 5.74) is 2.46. The number of benzene rings is 1. The molecule has 1 fully saturated rings. The van der Waals surface area contributed by atoms with Gasteiger partial charge in [0.1, 0.15) is 5.75 Å². The van der Waals surface area contributed by atoms with Gasteiger partial charge in [-0.05, 0) is 36.1 Å². The average Bonchev–Trinajstić information content (AvgIpc) is 2.72. The molecule has 0 spiro atoms. The molecule has 1 atom stereocenters. The summed E-state index contributed by atoms with van der Waals surface area (Å²) in [4.78, 5) is 2.27. The van der Waals surface area contributed by atoms with Gasteiger partial charge in [0, 0.05) is 19.1 Å². The van der Waals surface area contributed by atoms with Crippen molar-refractivity contribution in [2.45, 2.75) is 18.9 Å². The lowest BCUT2D eigenvalue weighted by Crippen LogP contribution is -2.41. The Morgan fingerprint density at radius 3 is 2.67 bits per heavy atom. The molecule has 0 bridgehead atoms. The SMILES string of the molecule is O=S1(=O)CCN(C2CCc3cc(O)ccc32)CC1. The summed E-state index contributed by atoms with van der Waals surface area (Å²) < 4.78 is 22.9. The number of sulfone groups is 1. The number of nitrogens with zero attached hydrogens (tertiary/aromatic N) is 1. The Morgan fingerprint density at radius 2 is 1.94 bits per heavy atom. The molecule has 0 radical (unpaired) electrons. The number of rotatable bonds is 1. The molecule has 1 aliphatic carbocycles. The lowest BCUT2D eigenvalue weighted by atomic mass is 10.1. The number of hydrogen-bond donors (Lipinski definition) is 1. The van der Waals surface area contributed by atoms with E-state index in [0.717, 1.165) is 12.8 Å². The zero-order valence-corrected chi connectivity index (χ0v) is 11.0. The second-order valence-electron chi connectivity index (χ2n) is 5.13. The van der Waals surface area contributed by atoms with E-state index in [2.05, 4.69) is 4.90 Å². The molecule has 2 aliphatic rings. The lowest BCUT2D eigenvalue weighted by molar-refractivity contribution is 0.213. The van der Waals surface area contributed by atoms with Crippen LogP contribution in [0.25, 0.3) is 0 Å². The molecule has 0 amide bonds. The molecular formula is C13H17NO3S. The highest BCUT2D eigenvalue weighted by atomic mass is 32.2. The fourth-order valence-corrected chi connectivity index (χ4v) is 4.23. The van der Waals surface area contributed by atoms with Gasteiger partial charge < -0.3 is 5.11 Å². The van der Waals surface area contributed by atoms with E-state index in [1.54, 1.807) is 6.07 Å². The Labute approximate surface area is 107 Å². The maximum atomic E-state index is 11.4. The van der Waals surface area contributed by atoms with E-state index < -0.39 is 9.84 Å². The van der Waals surface area contributed by atoms with Crippen LogP contribution in [0.1, 0.15) is 23.6 Å². The van der Waals surface area contributed by atoms with E-state index >= 15 is 0 Å². The summed E-state index contributed by atoms with van der Waals surface area (Å²) in [6.45, 7) is 1.26. The predicted molar refractivity (Wildman–Crippen MR) is 69.4 cm³/mol. The van der Waals surface area contributed by atoms with Crippen molar-refractivity contribution in [1.29, 1.82) is 0 Å². The summed E-state index contributed by atoms with van der Waals surface area (Å²) in [6, 6.07) is 5.86.